The molecule has 15 heavy (non-hydrogen) atoms. The van der Waals surface area contributed by atoms with Crippen LogP contribution >= 0.6 is 0 Å². The maximum atomic E-state index is 10.9. The summed E-state index contributed by atoms with van der Waals surface area (Å²) in [6.45, 7) is 11.2. The fraction of sp³-hybridized carbons (Fsp3) is 0.909. The molecule has 1 rings (SSSR count). The van der Waals surface area contributed by atoms with Crippen LogP contribution in [0.3, 0.4) is 0 Å². The maximum Gasteiger partial charge on any atom is 0.219 e. The van der Waals surface area contributed by atoms with E-state index in [-0.39, 0.29) is 5.91 Å². The average Bonchev–Trinajstić information content (AvgIpc) is 2.33. The van der Waals surface area contributed by atoms with Crippen LogP contribution in [0.25, 0.3) is 0 Å². The number of morpholine rings is 1. The van der Waals surface area contributed by atoms with Crippen LogP contribution in [0, 0.1) is 0 Å². The summed E-state index contributed by atoms with van der Waals surface area (Å²) in [6, 6.07) is 0. The molecule has 1 aliphatic rings. The van der Waals surface area contributed by atoms with Gasteiger partial charge >= 0.3 is 0 Å². The van der Waals surface area contributed by atoms with Crippen molar-refractivity contribution in [3.8, 4) is 0 Å². The molecule has 1 N–H and O–H groups in total. The van der Waals surface area contributed by atoms with Crippen molar-refractivity contribution in [3.05, 3.63) is 0 Å². The fourth-order valence-electron chi connectivity index (χ4n) is 1.30. The lowest BCUT2D eigenvalue weighted by Gasteiger charge is -2.26. The van der Waals surface area contributed by atoms with Gasteiger partial charge in [0.25, 0.3) is 0 Å². The first-order chi connectivity index (χ1) is 7.33. The number of nitrogens with one attached hydrogen (secondary N) is 1. The number of hydrogen-bond donors (Lipinski definition) is 1. The molecule has 0 radical (unpaired) electrons. The Balaban J connectivity index is 0.000000921. The second-order valence-electron chi connectivity index (χ2n) is 3.16. The normalized spacial score (nSPS) is 16.5. The summed E-state index contributed by atoms with van der Waals surface area (Å²) >= 11 is 0. The molecular weight excluding hydrogens is 192 g/mol. The summed E-state index contributed by atoms with van der Waals surface area (Å²) in [6.07, 6.45) is 0.573. The number of rotatable bonds is 4. The monoisotopic (exact) mass is 216 g/mol. The van der Waals surface area contributed by atoms with Gasteiger partial charge in [0.2, 0.25) is 5.91 Å². The molecule has 1 amide bonds. The summed E-state index contributed by atoms with van der Waals surface area (Å²) in [5.74, 6) is 0.133. The number of carbonyl (C=O) groups is 1. The third kappa shape index (κ3) is 7.33. The van der Waals surface area contributed by atoms with Gasteiger partial charge in [0.05, 0.1) is 13.2 Å². The molecule has 0 aromatic heterocycles. The van der Waals surface area contributed by atoms with E-state index < -0.39 is 0 Å². The molecular formula is C11H24N2O2. The summed E-state index contributed by atoms with van der Waals surface area (Å²) in [4.78, 5) is 13.2. The van der Waals surface area contributed by atoms with Gasteiger partial charge < -0.3 is 10.1 Å². The van der Waals surface area contributed by atoms with Crippen LogP contribution in [0.15, 0.2) is 0 Å². The largest absolute Gasteiger partial charge is 0.379 e. The first-order valence-corrected chi connectivity index (χ1v) is 5.89. The van der Waals surface area contributed by atoms with E-state index >= 15 is 0 Å². The van der Waals surface area contributed by atoms with Crippen LogP contribution in [0.5, 0.6) is 0 Å². The lowest BCUT2D eigenvalue weighted by molar-refractivity contribution is -0.120. The molecule has 1 saturated heterocycles. The highest BCUT2D eigenvalue weighted by molar-refractivity contribution is 5.75. The molecule has 4 nitrogen and oxygen atoms in total. The molecule has 0 saturated carbocycles. The minimum atomic E-state index is 0.133. The van der Waals surface area contributed by atoms with Crippen molar-refractivity contribution in [2.45, 2.75) is 27.2 Å². The van der Waals surface area contributed by atoms with Crippen LogP contribution in [0.2, 0.25) is 0 Å². The Morgan fingerprint density at radius 3 is 2.47 bits per heavy atom. The van der Waals surface area contributed by atoms with Gasteiger partial charge in [0.1, 0.15) is 0 Å². The molecule has 0 bridgehead atoms. The Hall–Kier alpha value is -0.610. The first-order valence-electron chi connectivity index (χ1n) is 5.89. The van der Waals surface area contributed by atoms with Crippen molar-refractivity contribution >= 4 is 5.91 Å². The van der Waals surface area contributed by atoms with E-state index in [9.17, 15) is 4.79 Å². The van der Waals surface area contributed by atoms with E-state index in [0.717, 1.165) is 39.4 Å². The van der Waals surface area contributed by atoms with Crippen molar-refractivity contribution < 1.29 is 9.53 Å². The fourth-order valence-corrected chi connectivity index (χ4v) is 1.30. The molecule has 1 aliphatic heterocycles. The van der Waals surface area contributed by atoms with Crippen LogP contribution < -0.4 is 5.32 Å². The highest BCUT2D eigenvalue weighted by Crippen LogP contribution is 1.94. The number of amides is 1. The number of hydrogen-bond acceptors (Lipinski definition) is 3. The molecule has 0 spiro atoms. The second kappa shape index (κ2) is 9.93. The Kier molecular flexibility index (Phi) is 9.52. The van der Waals surface area contributed by atoms with Crippen molar-refractivity contribution in [3.63, 3.8) is 0 Å². The minimum Gasteiger partial charge on any atom is -0.379 e. The van der Waals surface area contributed by atoms with Gasteiger partial charge in [0, 0.05) is 32.6 Å². The Morgan fingerprint density at radius 2 is 1.93 bits per heavy atom. The molecule has 0 unspecified atom stereocenters. The lowest BCUT2D eigenvalue weighted by Crippen LogP contribution is -2.41. The third-order valence-corrected chi connectivity index (χ3v) is 2.18. The maximum absolute atomic E-state index is 10.9. The van der Waals surface area contributed by atoms with E-state index in [2.05, 4.69) is 10.2 Å². The molecule has 0 aromatic carbocycles. The Bertz CT molecular complexity index is 157. The van der Waals surface area contributed by atoms with Crippen LogP contribution in [-0.2, 0) is 9.53 Å². The molecule has 1 fully saturated rings. The average molecular weight is 216 g/mol. The molecule has 0 aliphatic carbocycles. The van der Waals surface area contributed by atoms with E-state index in [1.807, 2.05) is 20.8 Å². The number of carbonyl (C=O) groups excluding carboxylic acids is 1. The molecule has 0 atom stereocenters. The smallest absolute Gasteiger partial charge is 0.219 e. The quantitative estimate of drug-likeness (QED) is 0.758. The summed E-state index contributed by atoms with van der Waals surface area (Å²) in [5, 5.41) is 2.86. The van der Waals surface area contributed by atoms with E-state index in [1.54, 1.807) is 0 Å². The predicted molar refractivity (Wildman–Crippen MR) is 61.9 cm³/mol. The van der Waals surface area contributed by atoms with Crippen molar-refractivity contribution in [2.24, 2.45) is 0 Å². The van der Waals surface area contributed by atoms with E-state index in [1.165, 1.54) is 0 Å². The number of ether oxygens (including phenoxy) is 1. The molecule has 4 heteroatoms. The summed E-state index contributed by atoms with van der Waals surface area (Å²) in [7, 11) is 0. The minimum absolute atomic E-state index is 0.133. The van der Waals surface area contributed by atoms with Gasteiger partial charge in [-0.3, -0.25) is 9.69 Å². The SMILES string of the molecule is CC.CCC(=O)NCCN1CCOCC1. The summed E-state index contributed by atoms with van der Waals surface area (Å²) < 4.78 is 5.22. The zero-order valence-corrected chi connectivity index (χ0v) is 10.2. The zero-order chi connectivity index (χ0) is 11.5. The predicted octanol–water partition coefficient (Wildman–Crippen LogP) is 0.871. The summed E-state index contributed by atoms with van der Waals surface area (Å²) in [5.41, 5.74) is 0. The van der Waals surface area contributed by atoms with Crippen molar-refractivity contribution in [1.29, 1.82) is 0 Å². The topological polar surface area (TPSA) is 41.6 Å². The van der Waals surface area contributed by atoms with Crippen molar-refractivity contribution in [2.75, 3.05) is 39.4 Å². The van der Waals surface area contributed by atoms with Crippen LogP contribution in [0.1, 0.15) is 27.2 Å². The standard InChI is InChI=1S/C9H18N2O2.C2H6/c1-2-9(12)10-3-4-11-5-7-13-8-6-11;1-2/h2-8H2,1H3,(H,10,12);1-2H3. The third-order valence-electron chi connectivity index (χ3n) is 2.18. The van der Waals surface area contributed by atoms with Gasteiger partial charge in [-0.1, -0.05) is 20.8 Å². The van der Waals surface area contributed by atoms with Crippen molar-refractivity contribution in [1.82, 2.24) is 10.2 Å². The van der Waals surface area contributed by atoms with Gasteiger partial charge in [-0.05, 0) is 0 Å². The molecule has 1 heterocycles. The molecule has 90 valence electrons. The Labute approximate surface area is 93.0 Å². The van der Waals surface area contributed by atoms with Gasteiger partial charge in [-0.25, -0.2) is 0 Å². The highest BCUT2D eigenvalue weighted by atomic mass is 16.5. The van der Waals surface area contributed by atoms with Gasteiger partial charge in [-0.15, -0.1) is 0 Å². The zero-order valence-electron chi connectivity index (χ0n) is 10.2. The molecule has 0 aromatic rings. The van der Waals surface area contributed by atoms with E-state index in [0.29, 0.717) is 6.42 Å². The first kappa shape index (κ1) is 14.4. The van der Waals surface area contributed by atoms with Crippen LogP contribution in [0.4, 0.5) is 0 Å². The Morgan fingerprint density at radius 1 is 1.33 bits per heavy atom. The second-order valence-corrected chi connectivity index (χ2v) is 3.16. The number of nitrogens with zero attached hydrogens (tertiary/aromatic N) is 1. The van der Waals surface area contributed by atoms with E-state index in [4.69, 9.17) is 4.74 Å². The van der Waals surface area contributed by atoms with Crippen LogP contribution in [-0.4, -0.2) is 50.2 Å². The lowest BCUT2D eigenvalue weighted by atomic mass is 10.4. The highest BCUT2D eigenvalue weighted by Gasteiger charge is 2.09. The van der Waals surface area contributed by atoms with Gasteiger partial charge in [-0.2, -0.15) is 0 Å². The van der Waals surface area contributed by atoms with Gasteiger partial charge in [0.15, 0.2) is 0 Å².